The van der Waals surface area contributed by atoms with Gasteiger partial charge in [-0.05, 0) is 77.3 Å². The Balaban J connectivity index is 0.000000234. The van der Waals surface area contributed by atoms with E-state index in [1.54, 1.807) is 0 Å². The van der Waals surface area contributed by atoms with Gasteiger partial charge in [0.05, 0.1) is 0 Å². The van der Waals surface area contributed by atoms with E-state index in [-0.39, 0.29) is 20.1 Å². The predicted octanol–water partition coefficient (Wildman–Crippen LogP) is 11.8. The van der Waals surface area contributed by atoms with Crippen LogP contribution >= 0.6 is 0 Å². The minimum absolute atomic E-state index is 0. The third kappa shape index (κ3) is 7.68. The van der Waals surface area contributed by atoms with Crippen LogP contribution < -0.4 is 0 Å². The van der Waals surface area contributed by atoms with Gasteiger partial charge in [-0.3, -0.25) is 0 Å². The maximum atomic E-state index is 6.17. The predicted molar refractivity (Wildman–Crippen MR) is 197 cm³/mol. The van der Waals surface area contributed by atoms with Gasteiger partial charge in [0.15, 0.2) is 0 Å². The van der Waals surface area contributed by atoms with Crippen LogP contribution in [0.5, 0.6) is 0 Å². The van der Waals surface area contributed by atoms with Crippen LogP contribution in [0.3, 0.4) is 0 Å². The van der Waals surface area contributed by atoms with Gasteiger partial charge < -0.3 is 14.4 Å². The van der Waals surface area contributed by atoms with Crippen molar-refractivity contribution in [3.05, 3.63) is 181 Å². The second-order valence-electron chi connectivity index (χ2n) is 11.9. The maximum absolute atomic E-state index is 6.17. The van der Waals surface area contributed by atoms with Crippen LogP contribution in [0.25, 0.3) is 67.1 Å². The number of hydrogen-bond donors (Lipinski definition) is 0. The quantitative estimate of drug-likeness (QED) is 0.163. The molecule has 0 saturated carbocycles. The summed E-state index contributed by atoms with van der Waals surface area (Å²) in [5, 5.41) is 1.09. The number of pyridine rings is 2. The summed E-state index contributed by atoms with van der Waals surface area (Å²) in [4.78, 5) is 9.06. The van der Waals surface area contributed by atoms with Crippen molar-refractivity contribution in [1.29, 1.82) is 0 Å². The van der Waals surface area contributed by atoms with Crippen molar-refractivity contribution in [2.24, 2.45) is 0 Å². The largest absolute Gasteiger partial charge is 0.456 e. The minimum atomic E-state index is 0. The molecule has 0 amide bonds. The molecule has 3 aromatic heterocycles. The first-order valence-corrected chi connectivity index (χ1v) is 16.1. The molecular formula is C45H34IrN2O-2. The fourth-order valence-corrected chi connectivity index (χ4v) is 5.75. The van der Waals surface area contributed by atoms with Crippen LogP contribution in [0.15, 0.2) is 156 Å². The SMILES string of the molecule is Cc1c[c-]c(-c2ccc(C)cn2)cc1.Cc1ccccc1-c1cc2cc(-c3cc[c-]c(-c4ncccc4-c4ccccc4)c3)ccc2o1.[Ir]. The van der Waals surface area contributed by atoms with Crippen LogP contribution in [-0.4, -0.2) is 9.97 Å². The topological polar surface area (TPSA) is 38.9 Å². The Kier molecular flexibility index (Phi) is 10.4. The summed E-state index contributed by atoms with van der Waals surface area (Å²) in [7, 11) is 0. The molecule has 5 aromatic carbocycles. The summed E-state index contributed by atoms with van der Waals surface area (Å²) in [5.41, 5.74) is 14.1. The Morgan fingerprint density at radius 3 is 2.12 bits per heavy atom. The number of rotatable bonds is 5. The van der Waals surface area contributed by atoms with Gasteiger partial charge in [-0.1, -0.05) is 85.8 Å². The van der Waals surface area contributed by atoms with Crippen molar-refractivity contribution in [3.8, 4) is 56.1 Å². The van der Waals surface area contributed by atoms with E-state index in [1.165, 1.54) is 16.7 Å². The molecule has 3 nitrogen and oxygen atoms in total. The van der Waals surface area contributed by atoms with Crippen molar-refractivity contribution in [2.75, 3.05) is 0 Å². The zero-order valence-electron chi connectivity index (χ0n) is 27.6. The maximum Gasteiger partial charge on any atom is 0.135 e. The fraction of sp³-hybridized carbons (Fsp3) is 0.0667. The van der Waals surface area contributed by atoms with E-state index in [0.717, 1.165) is 67.1 Å². The van der Waals surface area contributed by atoms with Gasteiger partial charge in [0.25, 0.3) is 0 Å². The van der Waals surface area contributed by atoms with E-state index in [0.29, 0.717) is 0 Å². The van der Waals surface area contributed by atoms with E-state index in [4.69, 9.17) is 9.40 Å². The van der Waals surface area contributed by atoms with E-state index in [1.807, 2.05) is 67.8 Å². The number of furan rings is 1. The van der Waals surface area contributed by atoms with Gasteiger partial charge in [-0.15, -0.1) is 70.8 Å². The van der Waals surface area contributed by atoms with Crippen LogP contribution in [0.1, 0.15) is 16.7 Å². The van der Waals surface area contributed by atoms with Gasteiger partial charge in [0, 0.05) is 43.4 Å². The molecule has 1 radical (unpaired) electrons. The van der Waals surface area contributed by atoms with Gasteiger partial charge in [0.2, 0.25) is 0 Å². The molecule has 0 fully saturated rings. The fourth-order valence-electron chi connectivity index (χ4n) is 5.75. The van der Waals surface area contributed by atoms with Gasteiger partial charge in [-0.2, -0.15) is 0 Å². The van der Waals surface area contributed by atoms with Crippen molar-refractivity contribution < 1.29 is 24.5 Å². The van der Waals surface area contributed by atoms with E-state index < -0.39 is 0 Å². The normalized spacial score (nSPS) is 10.6. The van der Waals surface area contributed by atoms with Gasteiger partial charge in [-0.25, -0.2) is 0 Å². The summed E-state index contributed by atoms with van der Waals surface area (Å²) >= 11 is 0. The Labute approximate surface area is 301 Å². The third-order valence-electron chi connectivity index (χ3n) is 8.36. The molecule has 3 heterocycles. The first-order chi connectivity index (χ1) is 23.5. The van der Waals surface area contributed by atoms with Crippen LogP contribution in [-0.2, 0) is 20.1 Å². The van der Waals surface area contributed by atoms with Crippen molar-refractivity contribution in [1.82, 2.24) is 9.97 Å². The Morgan fingerprint density at radius 1 is 0.571 bits per heavy atom. The number of benzene rings is 5. The molecule has 8 rings (SSSR count). The second-order valence-corrected chi connectivity index (χ2v) is 11.9. The molecule has 0 spiro atoms. The monoisotopic (exact) mass is 811 g/mol. The Bertz CT molecular complexity index is 2260. The molecule has 0 bridgehead atoms. The molecule has 49 heavy (non-hydrogen) atoms. The average Bonchev–Trinajstić information content (AvgIpc) is 3.57. The summed E-state index contributed by atoms with van der Waals surface area (Å²) in [6.07, 6.45) is 3.72. The molecule has 4 heteroatoms. The molecular weight excluding hydrogens is 777 g/mol. The summed E-state index contributed by atoms with van der Waals surface area (Å²) < 4.78 is 6.17. The van der Waals surface area contributed by atoms with Crippen molar-refractivity contribution >= 4 is 11.0 Å². The molecule has 0 saturated heterocycles. The number of aromatic nitrogens is 2. The van der Waals surface area contributed by atoms with Crippen LogP contribution in [0, 0.1) is 32.9 Å². The standard InChI is InChI=1S/C32H22NO.C13H12N.Ir/c1-22-9-5-6-14-28(22)31-21-27-20-25(16-17-30(27)34-31)24-12-7-13-26(19-24)32-29(15-8-18-33-32)23-10-3-2-4-11-23;1-10-3-6-12(7-4-10)13-8-5-11(2)9-14-13;/h2-12,14-21H,1H3;3-6,8-9H,1-2H3;/q2*-1;. The Morgan fingerprint density at radius 2 is 1.35 bits per heavy atom. The van der Waals surface area contributed by atoms with E-state index >= 15 is 0 Å². The number of nitrogens with zero attached hydrogens (tertiary/aromatic N) is 2. The molecule has 241 valence electrons. The van der Waals surface area contributed by atoms with Gasteiger partial charge >= 0.3 is 0 Å². The first kappa shape index (κ1) is 33.5. The smallest absolute Gasteiger partial charge is 0.135 e. The molecule has 0 aliphatic carbocycles. The van der Waals surface area contributed by atoms with Crippen LogP contribution in [0.4, 0.5) is 0 Å². The molecule has 8 aromatic rings. The molecule has 0 unspecified atom stereocenters. The summed E-state index contributed by atoms with van der Waals surface area (Å²) in [5.74, 6) is 0.897. The third-order valence-corrected chi connectivity index (χ3v) is 8.36. The number of fused-ring (bicyclic) bond motifs is 1. The van der Waals surface area contributed by atoms with E-state index in [2.05, 4.69) is 122 Å². The minimum Gasteiger partial charge on any atom is -0.456 e. The molecule has 0 aliphatic heterocycles. The zero-order valence-corrected chi connectivity index (χ0v) is 30.0. The molecule has 0 atom stereocenters. The molecule has 0 aliphatic rings. The summed E-state index contributed by atoms with van der Waals surface area (Å²) in [6, 6.07) is 54.3. The van der Waals surface area contributed by atoms with Crippen molar-refractivity contribution in [2.45, 2.75) is 20.8 Å². The van der Waals surface area contributed by atoms with E-state index in [9.17, 15) is 0 Å². The van der Waals surface area contributed by atoms with Gasteiger partial charge in [0.1, 0.15) is 11.3 Å². The molecule has 0 N–H and O–H groups in total. The Hall–Kier alpha value is -5.41. The zero-order chi connectivity index (χ0) is 32.9. The van der Waals surface area contributed by atoms with Crippen molar-refractivity contribution in [3.63, 3.8) is 0 Å². The second kappa shape index (κ2) is 15.2. The number of hydrogen-bond acceptors (Lipinski definition) is 3. The number of aryl methyl sites for hydroxylation is 3. The summed E-state index contributed by atoms with van der Waals surface area (Å²) in [6.45, 7) is 6.20. The van der Waals surface area contributed by atoms with Crippen LogP contribution in [0.2, 0.25) is 0 Å². The first-order valence-electron chi connectivity index (χ1n) is 16.1. The average molecular weight is 811 g/mol.